The summed E-state index contributed by atoms with van der Waals surface area (Å²) in [5.41, 5.74) is 1.02. The smallest absolute Gasteiger partial charge is 0.198 e. The van der Waals surface area contributed by atoms with Crippen LogP contribution in [0.5, 0.6) is 11.5 Å². The number of nitrogens with one attached hydrogen (secondary N) is 1. The molecule has 0 radical (unpaired) electrons. The SMILES string of the molecule is COc1ccccc1CNc1ncnc(Cl)c1OC. The summed E-state index contributed by atoms with van der Waals surface area (Å²) in [4.78, 5) is 7.97. The number of hydrogen-bond acceptors (Lipinski definition) is 5. The Kier molecular flexibility index (Phi) is 4.41. The fraction of sp³-hybridized carbons (Fsp3) is 0.231. The zero-order valence-corrected chi connectivity index (χ0v) is 11.4. The van der Waals surface area contributed by atoms with Gasteiger partial charge in [-0.1, -0.05) is 29.8 Å². The highest BCUT2D eigenvalue weighted by molar-refractivity contribution is 6.31. The van der Waals surface area contributed by atoms with Crippen molar-refractivity contribution in [2.75, 3.05) is 19.5 Å². The van der Waals surface area contributed by atoms with Crippen molar-refractivity contribution in [1.29, 1.82) is 0 Å². The van der Waals surface area contributed by atoms with Gasteiger partial charge in [-0.15, -0.1) is 0 Å². The molecule has 100 valence electrons. The van der Waals surface area contributed by atoms with E-state index in [0.717, 1.165) is 11.3 Å². The van der Waals surface area contributed by atoms with Crippen LogP contribution in [0.4, 0.5) is 5.82 Å². The van der Waals surface area contributed by atoms with Gasteiger partial charge in [0.2, 0.25) is 0 Å². The van der Waals surface area contributed by atoms with Crippen LogP contribution in [0.3, 0.4) is 0 Å². The lowest BCUT2D eigenvalue weighted by Gasteiger charge is -2.12. The normalized spacial score (nSPS) is 10.1. The van der Waals surface area contributed by atoms with Gasteiger partial charge in [-0.25, -0.2) is 9.97 Å². The Labute approximate surface area is 116 Å². The molecular weight excluding hydrogens is 266 g/mol. The molecule has 0 aliphatic carbocycles. The summed E-state index contributed by atoms with van der Waals surface area (Å²) in [5.74, 6) is 1.79. The van der Waals surface area contributed by atoms with Crippen LogP contribution in [0.2, 0.25) is 5.15 Å². The van der Waals surface area contributed by atoms with Gasteiger partial charge in [0.25, 0.3) is 0 Å². The lowest BCUT2D eigenvalue weighted by Crippen LogP contribution is -2.05. The topological polar surface area (TPSA) is 56.3 Å². The molecule has 19 heavy (non-hydrogen) atoms. The van der Waals surface area contributed by atoms with Crippen molar-refractivity contribution < 1.29 is 9.47 Å². The Morgan fingerprint density at radius 3 is 2.68 bits per heavy atom. The van der Waals surface area contributed by atoms with Crippen molar-refractivity contribution in [3.05, 3.63) is 41.3 Å². The Hall–Kier alpha value is -2.01. The Bertz CT molecular complexity index is 563. The molecule has 1 N–H and O–H groups in total. The van der Waals surface area contributed by atoms with E-state index in [1.165, 1.54) is 13.4 Å². The Balaban J connectivity index is 2.17. The molecule has 0 fully saturated rings. The number of nitrogens with zero attached hydrogens (tertiary/aromatic N) is 2. The van der Waals surface area contributed by atoms with Crippen LogP contribution >= 0.6 is 11.6 Å². The van der Waals surface area contributed by atoms with Gasteiger partial charge < -0.3 is 14.8 Å². The van der Waals surface area contributed by atoms with Gasteiger partial charge in [0.1, 0.15) is 12.1 Å². The van der Waals surface area contributed by atoms with E-state index in [1.54, 1.807) is 7.11 Å². The van der Waals surface area contributed by atoms with Gasteiger partial charge >= 0.3 is 0 Å². The largest absolute Gasteiger partial charge is 0.496 e. The van der Waals surface area contributed by atoms with E-state index in [1.807, 2.05) is 24.3 Å². The zero-order chi connectivity index (χ0) is 13.7. The number of benzene rings is 1. The summed E-state index contributed by atoms with van der Waals surface area (Å²) in [6.07, 6.45) is 1.38. The highest BCUT2D eigenvalue weighted by Crippen LogP contribution is 2.29. The summed E-state index contributed by atoms with van der Waals surface area (Å²) in [6, 6.07) is 7.75. The van der Waals surface area contributed by atoms with E-state index in [-0.39, 0.29) is 5.15 Å². The molecule has 1 heterocycles. The van der Waals surface area contributed by atoms with Gasteiger partial charge in [0.05, 0.1) is 14.2 Å². The molecular formula is C13H14ClN3O2. The molecule has 2 aromatic rings. The first-order valence-corrected chi connectivity index (χ1v) is 6.04. The van der Waals surface area contributed by atoms with Crippen molar-refractivity contribution in [2.24, 2.45) is 0 Å². The second-order valence-corrected chi connectivity index (χ2v) is 4.07. The number of aromatic nitrogens is 2. The zero-order valence-electron chi connectivity index (χ0n) is 10.7. The molecule has 5 nitrogen and oxygen atoms in total. The molecule has 0 amide bonds. The Morgan fingerprint density at radius 2 is 1.95 bits per heavy atom. The molecule has 2 rings (SSSR count). The molecule has 1 aromatic heterocycles. The second kappa shape index (κ2) is 6.24. The minimum atomic E-state index is 0.278. The molecule has 0 aliphatic rings. The Morgan fingerprint density at radius 1 is 1.16 bits per heavy atom. The quantitative estimate of drug-likeness (QED) is 0.853. The van der Waals surface area contributed by atoms with Crippen molar-refractivity contribution >= 4 is 17.4 Å². The number of hydrogen-bond donors (Lipinski definition) is 1. The van der Waals surface area contributed by atoms with Crippen LogP contribution in [0.1, 0.15) is 5.56 Å². The van der Waals surface area contributed by atoms with Gasteiger partial charge in [0, 0.05) is 12.1 Å². The number of anilines is 1. The van der Waals surface area contributed by atoms with E-state index in [9.17, 15) is 0 Å². The third-order valence-electron chi connectivity index (χ3n) is 2.60. The lowest BCUT2D eigenvalue weighted by atomic mass is 10.2. The maximum absolute atomic E-state index is 5.93. The molecule has 0 atom stereocenters. The average Bonchev–Trinajstić information content (AvgIpc) is 2.45. The average molecular weight is 280 g/mol. The number of methoxy groups -OCH3 is 2. The highest BCUT2D eigenvalue weighted by atomic mass is 35.5. The van der Waals surface area contributed by atoms with Crippen LogP contribution in [0, 0.1) is 0 Å². The summed E-state index contributed by atoms with van der Waals surface area (Å²) >= 11 is 5.93. The fourth-order valence-electron chi connectivity index (χ4n) is 1.69. The van der Waals surface area contributed by atoms with Crippen molar-refractivity contribution in [3.63, 3.8) is 0 Å². The molecule has 0 unspecified atom stereocenters. The first-order chi connectivity index (χ1) is 9.26. The summed E-state index contributed by atoms with van der Waals surface area (Å²) in [5, 5.41) is 3.43. The number of halogens is 1. The maximum atomic E-state index is 5.93. The van der Waals surface area contributed by atoms with Crippen molar-refractivity contribution in [2.45, 2.75) is 6.54 Å². The number of para-hydroxylation sites is 1. The first-order valence-electron chi connectivity index (χ1n) is 5.66. The summed E-state index contributed by atoms with van der Waals surface area (Å²) in [7, 11) is 3.17. The third-order valence-corrected chi connectivity index (χ3v) is 2.87. The van der Waals surface area contributed by atoms with E-state index in [0.29, 0.717) is 18.1 Å². The minimum Gasteiger partial charge on any atom is -0.496 e. The van der Waals surface area contributed by atoms with Crippen molar-refractivity contribution in [1.82, 2.24) is 9.97 Å². The van der Waals surface area contributed by atoms with E-state index >= 15 is 0 Å². The molecule has 1 aromatic carbocycles. The van der Waals surface area contributed by atoms with E-state index in [4.69, 9.17) is 21.1 Å². The molecule has 0 aliphatic heterocycles. The standard InChI is InChI=1S/C13H14ClN3O2/c1-18-10-6-4-3-5-9(10)7-15-13-11(19-2)12(14)16-8-17-13/h3-6,8H,7H2,1-2H3,(H,15,16,17). The van der Waals surface area contributed by atoms with Crippen LogP contribution < -0.4 is 14.8 Å². The molecule has 6 heteroatoms. The van der Waals surface area contributed by atoms with E-state index in [2.05, 4.69) is 15.3 Å². The van der Waals surface area contributed by atoms with Gasteiger partial charge in [-0.05, 0) is 6.07 Å². The summed E-state index contributed by atoms with van der Waals surface area (Å²) < 4.78 is 10.5. The van der Waals surface area contributed by atoms with Crippen LogP contribution in [-0.2, 0) is 6.54 Å². The molecule has 0 bridgehead atoms. The lowest BCUT2D eigenvalue weighted by molar-refractivity contribution is 0.409. The van der Waals surface area contributed by atoms with Crippen LogP contribution in [-0.4, -0.2) is 24.2 Å². The molecule has 0 saturated carbocycles. The minimum absolute atomic E-state index is 0.278. The van der Waals surface area contributed by atoms with Crippen molar-refractivity contribution in [3.8, 4) is 11.5 Å². The van der Waals surface area contributed by atoms with Crippen LogP contribution in [0.15, 0.2) is 30.6 Å². The van der Waals surface area contributed by atoms with Gasteiger partial charge in [-0.2, -0.15) is 0 Å². The predicted molar refractivity (Wildman–Crippen MR) is 73.9 cm³/mol. The van der Waals surface area contributed by atoms with Gasteiger partial charge in [-0.3, -0.25) is 0 Å². The monoisotopic (exact) mass is 279 g/mol. The maximum Gasteiger partial charge on any atom is 0.198 e. The highest BCUT2D eigenvalue weighted by Gasteiger charge is 2.10. The number of rotatable bonds is 5. The second-order valence-electron chi connectivity index (χ2n) is 3.71. The van der Waals surface area contributed by atoms with Gasteiger partial charge in [0.15, 0.2) is 16.7 Å². The molecule has 0 saturated heterocycles. The predicted octanol–water partition coefficient (Wildman–Crippen LogP) is 2.76. The summed E-state index contributed by atoms with van der Waals surface area (Å²) in [6.45, 7) is 0.549. The number of ether oxygens (including phenoxy) is 2. The molecule has 0 spiro atoms. The van der Waals surface area contributed by atoms with E-state index < -0.39 is 0 Å². The third kappa shape index (κ3) is 3.06. The van der Waals surface area contributed by atoms with Crippen LogP contribution in [0.25, 0.3) is 0 Å². The fourth-order valence-corrected chi connectivity index (χ4v) is 1.90. The first kappa shape index (κ1) is 13.4.